The fraction of sp³-hybridized carbons (Fsp3) is 0.250. The first-order chi connectivity index (χ1) is 7.61. The zero-order valence-corrected chi connectivity index (χ0v) is 11.1. The summed E-state index contributed by atoms with van der Waals surface area (Å²) in [6.07, 6.45) is 0. The molecule has 0 saturated carbocycles. The van der Waals surface area contributed by atoms with Crippen LogP contribution in [0.3, 0.4) is 0 Å². The largest absolute Gasteiger partial charge is 0.496 e. The van der Waals surface area contributed by atoms with E-state index in [1.807, 2.05) is 19.1 Å². The molecule has 4 heteroatoms. The Bertz CT molecular complexity index is 520. The van der Waals surface area contributed by atoms with Gasteiger partial charge in [-0.05, 0) is 41.9 Å². The maximum Gasteiger partial charge on any atom is 0.128 e. The average molecular weight is 281 g/mol. The number of methoxy groups -OCH3 is 1. The van der Waals surface area contributed by atoms with Gasteiger partial charge in [0.1, 0.15) is 21.9 Å². The number of nitrogens with zero attached hydrogens (tertiary/aromatic N) is 1. The first-order valence-electron chi connectivity index (χ1n) is 4.99. The fourth-order valence-electron chi connectivity index (χ4n) is 1.65. The summed E-state index contributed by atoms with van der Waals surface area (Å²) in [5, 5.41) is 0. The number of hydrogen-bond donors (Lipinski definition) is 1. The Labute approximate surface area is 103 Å². The minimum Gasteiger partial charge on any atom is -0.496 e. The van der Waals surface area contributed by atoms with Gasteiger partial charge >= 0.3 is 0 Å². The summed E-state index contributed by atoms with van der Waals surface area (Å²) in [7, 11) is 1.67. The Morgan fingerprint density at radius 3 is 2.62 bits per heavy atom. The maximum atomic E-state index is 5.34. The number of aromatic amines is 1. The highest BCUT2D eigenvalue weighted by molar-refractivity contribution is 9.10. The lowest BCUT2D eigenvalue weighted by Crippen LogP contribution is -1.89. The van der Waals surface area contributed by atoms with Gasteiger partial charge in [0.2, 0.25) is 0 Å². The molecule has 0 aliphatic heterocycles. The van der Waals surface area contributed by atoms with E-state index in [1.54, 1.807) is 7.11 Å². The van der Waals surface area contributed by atoms with E-state index in [1.165, 1.54) is 5.56 Å². The van der Waals surface area contributed by atoms with Crippen molar-refractivity contribution in [2.75, 3.05) is 7.11 Å². The number of aromatic nitrogens is 2. The molecule has 0 bridgehead atoms. The van der Waals surface area contributed by atoms with E-state index in [-0.39, 0.29) is 0 Å². The lowest BCUT2D eigenvalue weighted by atomic mass is 10.1. The predicted molar refractivity (Wildman–Crippen MR) is 67.7 cm³/mol. The molecule has 1 heterocycles. The number of rotatable bonds is 2. The van der Waals surface area contributed by atoms with Crippen LogP contribution < -0.4 is 4.74 Å². The molecule has 1 aromatic heterocycles. The van der Waals surface area contributed by atoms with Gasteiger partial charge in [0, 0.05) is 5.56 Å². The van der Waals surface area contributed by atoms with Crippen LogP contribution in [0.2, 0.25) is 0 Å². The standard InChI is InChI=1S/C12H13BrN2O/c1-7-4-5-10(16-3)9(6-7)11-12(13)15-8(2)14-11/h4-6H,1-3H3,(H,14,15). The number of H-pyrrole nitrogens is 1. The van der Waals surface area contributed by atoms with Gasteiger partial charge in [-0.25, -0.2) is 4.98 Å². The van der Waals surface area contributed by atoms with Crippen LogP contribution in [0.25, 0.3) is 11.3 Å². The smallest absolute Gasteiger partial charge is 0.128 e. The molecular weight excluding hydrogens is 268 g/mol. The van der Waals surface area contributed by atoms with Crippen molar-refractivity contribution in [2.45, 2.75) is 13.8 Å². The number of halogens is 1. The highest BCUT2D eigenvalue weighted by atomic mass is 79.9. The van der Waals surface area contributed by atoms with Crippen molar-refractivity contribution in [3.63, 3.8) is 0 Å². The second-order valence-corrected chi connectivity index (χ2v) is 4.48. The third-order valence-corrected chi connectivity index (χ3v) is 2.96. The maximum absolute atomic E-state index is 5.34. The van der Waals surface area contributed by atoms with Gasteiger partial charge in [-0.2, -0.15) is 0 Å². The topological polar surface area (TPSA) is 37.9 Å². The molecule has 3 nitrogen and oxygen atoms in total. The number of hydrogen-bond acceptors (Lipinski definition) is 2. The molecule has 2 aromatic rings. The number of ether oxygens (including phenoxy) is 1. The van der Waals surface area contributed by atoms with E-state index < -0.39 is 0 Å². The minimum atomic E-state index is 0.831. The van der Waals surface area contributed by atoms with Crippen molar-refractivity contribution in [2.24, 2.45) is 0 Å². The number of benzene rings is 1. The van der Waals surface area contributed by atoms with Crippen LogP contribution in [0.15, 0.2) is 22.8 Å². The molecular formula is C12H13BrN2O. The normalized spacial score (nSPS) is 10.5. The fourth-order valence-corrected chi connectivity index (χ4v) is 2.24. The molecule has 1 N–H and O–H groups in total. The molecule has 0 fully saturated rings. The first-order valence-corrected chi connectivity index (χ1v) is 5.78. The average Bonchev–Trinajstić information content (AvgIpc) is 2.57. The number of aryl methyl sites for hydroxylation is 2. The Morgan fingerprint density at radius 1 is 1.31 bits per heavy atom. The zero-order valence-electron chi connectivity index (χ0n) is 9.47. The van der Waals surface area contributed by atoms with Crippen LogP contribution >= 0.6 is 15.9 Å². The SMILES string of the molecule is COc1ccc(C)cc1-c1nc(C)[nH]c1Br. The summed E-state index contributed by atoms with van der Waals surface area (Å²) in [6, 6.07) is 6.05. The Hall–Kier alpha value is -1.29. The van der Waals surface area contributed by atoms with Crippen LogP contribution in [0.1, 0.15) is 11.4 Å². The van der Waals surface area contributed by atoms with Crippen molar-refractivity contribution in [3.8, 4) is 17.0 Å². The van der Waals surface area contributed by atoms with Gasteiger partial charge < -0.3 is 9.72 Å². The van der Waals surface area contributed by atoms with E-state index in [2.05, 4.69) is 38.9 Å². The van der Waals surface area contributed by atoms with Crippen LogP contribution in [-0.4, -0.2) is 17.1 Å². The molecule has 0 aliphatic carbocycles. The lowest BCUT2D eigenvalue weighted by Gasteiger charge is -2.07. The summed E-state index contributed by atoms with van der Waals surface area (Å²) < 4.78 is 6.23. The van der Waals surface area contributed by atoms with Gasteiger partial charge in [0.15, 0.2) is 0 Å². The molecule has 16 heavy (non-hydrogen) atoms. The highest BCUT2D eigenvalue weighted by Gasteiger charge is 2.13. The van der Waals surface area contributed by atoms with Crippen LogP contribution in [0.5, 0.6) is 5.75 Å². The quantitative estimate of drug-likeness (QED) is 0.915. The molecule has 0 spiro atoms. The van der Waals surface area contributed by atoms with Gasteiger partial charge in [0.25, 0.3) is 0 Å². The monoisotopic (exact) mass is 280 g/mol. The summed E-state index contributed by atoms with van der Waals surface area (Å²) in [5.74, 6) is 1.71. The summed E-state index contributed by atoms with van der Waals surface area (Å²) in [5.41, 5.74) is 3.07. The Balaban J connectivity index is 2.62. The Morgan fingerprint density at radius 2 is 2.06 bits per heavy atom. The summed E-state index contributed by atoms with van der Waals surface area (Å²) in [4.78, 5) is 7.57. The number of nitrogens with one attached hydrogen (secondary N) is 1. The third-order valence-electron chi connectivity index (χ3n) is 2.39. The highest BCUT2D eigenvalue weighted by Crippen LogP contribution is 2.33. The first kappa shape index (κ1) is 11.2. The lowest BCUT2D eigenvalue weighted by molar-refractivity contribution is 0.416. The molecule has 0 aliphatic rings. The predicted octanol–water partition coefficient (Wildman–Crippen LogP) is 3.46. The van der Waals surface area contributed by atoms with E-state index in [0.29, 0.717) is 0 Å². The van der Waals surface area contributed by atoms with Crippen LogP contribution in [0.4, 0.5) is 0 Å². The van der Waals surface area contributed by atoms with Gasteiger partial charge in [-0.1, -0.05) is 11.6 Å². The van der Waals surface area contributed by atoms with Gasteiger partial charge in [-0.3, -0.25) is 0 Å². The van der Waals surface area contributed by atoms with Crippen molar-refractivity contribution in [1.82, 2.24) is 9.97 Å². The van der Waals surface area contributed by atoms with E-state index >= 15 is 0 Å². The third kappa shape index (κ3) is 1.97. The van der Waals surface area contributed by atoms with Crippen molar-refractivity contribution in [1.29, 1.82) is 0 Å². The molecule has 0 unspecified atom stereocenters. The van der Waals surface area contributed by atoms with Crippen LogP contribution in [-0.2, 0) is 0 Å². The second-order valence-electron chi connectivity index (χ2n) is 3.69. The van der Waals surface area contributed by atoms with Gasteiger partial charge in [-0.15, -0.1) is 0 Å². The Kier molecular flexibility index (Phi) is 3.01. The molecule has 84 valence electrons. The minimum absolute atomic E-state index is 0.831. The van der Waals surface area contributed by atoms with E-state index in [9.17, 15) is 0 Å². The van der Waals surface area contributed by atoms with E-state index in [4.69, 9.17) is 4.74 Å². The van der Waals surface area contributed by atoms with Crippen molar-refractivity contribution < 1.29 is 4.74 Å². The van der Waals surface area contributed by atoms with Gasteiger partial charge in [0.05, 0.1) is 7.11 Å². The molecule has 1 aromatic carbocycles. The summed E-state index contributed by atoms with van der Waals surface area (Å²) in [6.45, 7) is 3.98. The number of imidazole rings is 1. The molecule has 0 saturated heterocycles. The molecule has 0 radical (unpaired) electrons. The zero-order chi connectivity index (χ0) is 11.7. The molecule has 0 atom stereocenters. The van der Waals surface area contributed by atoms with E-state index in [0.717, 1.165) is 27.4 Å². The molecule has 2 rings (SSSR count). The van der Waals surface area contributed by atoms with Crippen LogP contribution in [0, 0.1) is 13.8 Å². The molecule has 0 amide bonds. The van der Waals surface area contributed by atoms with Crippen molar-refractivity contribution >= 4 is 15.9 Å². The summed E-state index contributed by atoms with van der Waals surface area (Å²) >= 11 is 3.47. The second kappa shape index (κ2) is 4.29. The van der Waals surface area contributed by atoms with Crippen molar-refractivity contribution in [3.05, 3.63) is 34.2 Å².